The molecular weight excluding hydrogens is 410 g/mol. The van der Waals surface area contributed by atoms with Gasteiger partial charge in [0.05, 0.1) is 12.3 Å². The highest BCUT2D eigenvalue weighted by Gasteiger charge is 2.36. The zero-order valence-electron chi connectivity index (χ0n) is 17.2. The second kappa shape index (κ2) is 8.55. The number of carbonyl (C=O) groups excluding carboxylic acids is 1. The molecule has 8 heteroatoms. The summed E-state index contributed by atoms with van der Waals surface area (Å²) in [4.78, 5) is 22.0. The highest BCUT2D eigenvalue weighted by Crippen LogP contribution is 2.41. The number of ether oxygens (including phenoxy) is 1. The van der Waals surface area contributed by atoms with E-state index in [1.807, 2.05) is 54.1 Å². The Morgan fingerprint density at radius 1 is 1.19 bits per heavy atom. The summed E-state index contributed by atoms with van der Waals surface area (Å²) < 4.78 is 7.43. The lowest BCUT2D eigenvalue weighted by atomic mass is 9.85. The van der Waals surface area contributed by atoms with Gasteiger partial charge in [0.15, 0.2) is 5.78 Å². The van der Waals surface area contributed by atoms with Crippen LogP contribution in [0.3, 0.4) is 0 Å². The van der Waals surface area contributed by atoms with Crippen LogP contribution in [0.15, 0.2) is 65.1 Å². The van der Waals surface area contributed by atoms with Crippen LogP contribution in [0.25, 0.3) is 0 Å². The molecule has 1 atom stereocenters. The third-order valence-electron chi connectivity index (χ3n) is 5.43. The van der Waals surface area contributed by atoms with Gasteiger partial charge in [-0.05, 0) is 49.6 Å². The zero-order valence-corrected chi connectivity index (χ0v) is 18.1. The Morgan fingerprint density at radius 3 is 2.84 bits per heavy atom. The molecule has 158 valence electrons. The van der Waals surface area contributed by atoms with Crippen molar-refractivity contribution in [1.82, 2.24) is 19.7 Å². The molecule has 3 heterocycles. The highest BCUT2D eigenvalue weighted by molar-refractivity contribution is 7.98. The smallest absolute Gasteiger partial charge is 0.227 e. The van der Waals surface area contributed by atoms with Crippen LogP contribution in [-0.2, 0) is 10.5 Å². The first-order valence-corrected chi connectivity index (χ1v) is 11.5. The lowest BCUT2D eigenvalue weighted by Crippen LogP contribution is -2.31. The number of benzene rings is 1. The van der Waals surface area contributed by atoms with Gasteiger partial charge in [-0.3, -0.25) is 9.78 Å². The second-order valence-corrected chi connectivity index (χ2v) is 8.41. The van der Waals surface area contributed by atoms with Crippen LogP contribution < -0.4 is 10.1 Å². The Bertz CT molecular complexity index is 1120. The molecule has 3 aromatic rings. The van der Waals surface area contributed by atoms with Crippen LogP contribution in [0.4, 0.5) is 5.95 Å². The normalized spacial score (nSPS) is 17.7. The third-order valence-corrected chi connectivity index (χ3v) is 6.30. The number of ketones is 1. The van der Waals surface area contributed by atoms with E-state index in [9.17, 15) is 4.79 Å². The van der Waals surface area contributed by atoms with Crippen molar-refractivity contribution in [3.63, 3.8) is 0 Å². The van der Waals surface area contributed by atoms with Crippen LogP contribution in [-0.4, -0.2) is 32.1 Å². The van der Waals surface area contributed by atoms with Crippen LogP contribution in [0, 0.1) is 0 Å². The van der Waals surface area contributed by atoms with Crippen molar-refractivity contribution < 1.29 is 9.53 Å². The molecule has 0 fully saturated rings. The summed E-state index contributed by atoms with van der Waals surface area (Å²) in [7, 11) is 0. The summed E-state index contributed by atoms with van der Waals surface area (Å²) in [5, 5.41) is 8.81. The number of nitrogens with zero attached hydrogens (tertiary/aromatic N) is 4. The molecule has 7 nitrogen and oxygen atoms in total. The van der Waals surface area contributed by atoms with Crippen LogP contribution in [0.1, 0.15) is 43.5 Å². The van der Waals surface area contributed by atoms with E-state index in [-0.39, 0.29) is 11.8 Å². The predicted molar refractivity (Wildman–Crippen MR) is 119 cm³/mol. The molecule has 1 aliphatic heterocycles. The standard InChI is InChI=1S/C23H23N5O2S/c1-2-30-17-11-9-15(10-12-17)21-20-18(7-5-8-19(20)29)25-22-26-23(27-28(21)22)31-14-16-6-3-4-13-24-16/h3-4,6,9-13,21H,2,5,7-8,14H2,1H3,(H,25,26,27)/t21-/m0/s1. The van der Waals surface area contributed by atoms with E-state index in [4.69, 9.17) is 14.8 Å². The molecule has 0 bridgehead atoms. The first kappa shape index (κ1) is 19.8. The minimum absolute atomic E-state index is 0.177. The van der Waals surface area contributed by atoms with Gasteiger partial charge in [-0.1, -0.05) is 30.0 Å². The molecule has 5 rings (SSSR count). The fourth-order valence-electron chi connectivity index (χ4n) is 4.04. The Morgan fingerprint density at radius 2 is 2.06 bits per heavy atom. The quantitative estimate of drug-likeness (QED) is 0.578. The van der Waals surface area contributed by atoms with Crippen LogP contribution >= 0.6 is 11.8 Å². The maximum Gasteiger partial charge on any atom is 0.227 e. The largest absolute Gasteiger partial charge is 0.494 e. The van der Waals surface area contributed by atoms with E-state index >= 15 is 0 Å². The first-order valence-electron chi connectivity index (χ1n) is 10.5. The average molecular weight is 434 g/mol. The van der Waals surface area contributed by atoms with Crippen LogP contribution in [0.2, 0.25) is 0 Å². The van der Waals surface area contributed by atoms with Crippen molar-refractivity contribution >= 4 is 23.5 Å². The molecule has 0 unspecified atom stereocenters. The number of aromatic nitrogens is 4. The maximum absolute atomic E-state index is 12.9. The summed E-state index contributed by atoms with van der Waals surface area (Å²) in [6.07, 6.45) is 4.06. The topological polar surface area (TPSA) is 81.9 Å². The van der Waals surface area contributed by atoms with E-state index in [1.54, 1.807) is 6.20 Å². The number of hydrogen-bond donors (Lipinski definition) is 1. The summed E-state index contributed by atoms with van der Waals surface area (Å²) in [5.74, 6) is 2.35. The lowest BCUT2D eigenvalue weighted by Gasteiger charge is -2.32. The summed E-state index contributed by atoms with van der Waals surface area (Å²) in [6, 6.07) is 13.5. The molecule has 31 heavy (non-hydrogen) atoms. The van der Waals surface area contributed by atoms with Gasteiger partial charge in [0.1, 0.15) is 11.8 Å². The predicted octanol–water partition coefficient (Wildman–Crippen LogP) is 4.39. The number of Topliss-reactive ketones (excluding diaryl/α,β-unsaturated/α-hetero) is 1. The van der Waals surface area contributed by atoms with Crippen molar-refractivity contribution in [2.45, 2.75) is 43.1 Å². The van der Waals surface area contributed by atoms with Gasteiger partial charge < -0.3 is 10.1 Å². The van der Waals surface area contributed by atoms with Gasteiger partial charge in [-0.2, -0.15) is 4.98 Å². The third kappa shape index (κ3) is 3.95. The Balaban J connectivity index is 1.49. The number of rotatable bonds is 6. The highest BCUT2D eigenvalue weighted by atomic mass is 32.2. The molecule has 1 N–H and O–H groups in total. The summed E-state index contributed by atoms with van der Waals surface area (Å²) >= 11 is 1.54. The maximum atomic E-state index is 12.9. The minimum atomic E-state index is -0.286. The van der Waals surface area contributed by atoms with Gasteiger partial charge in [0, 0.05) is 29.6 Å². The fraction of sp³-hybridized carbons (Fsp3) is 0.304. The number of anilines is 1. The number of carbonyl (C=O) groups is 1. The van der Waals surface area contributed by atoms with Crippen molar-refractivity contribution in [1.29, 1.82) is 0 Å². The Labute approximate surface area is 184 Å². The van der Waals surface area contributed by atoms with Crippen molar-refractivity contribution in [2.24, 2.45) is 0 Å². The van der Waals surface area contributed by atoms with Crippen molar-refractivity contribution in [2.75, 3.05) is 11.9 Å². The molecule has 1 aliphatic carbocycles. The van der Waals surface area contributed by atoms with Crippen molar-refractivity contribution in [3.8, 4) is 5.75 Å². The van der Waals surface area contributed by atoms with Gasteiger partial charge in [0.2, 0.25) is 11.1 Å². The van der Waals surface area contributed by atoms with Gasteiger partial charge >= 0.3 is 0 Å². The molecule has 2 aliphatic rings. The SMILES string of the molecule is CCOc1ccc([C@H]2C3=C(CCCC3=O)Nc3nc(SCc4ccccn4)nn32)cc1. The minimum Gasteiger partial charge on any atom is -0.494 e. The summed E-state index contributed by atoms with van der Waals surface area (Å²) in [5.41, 5.74) is 3.74. The van der Waals surface area contributed by atoms with Gasteiger partial charge in [0.25, 0.3) is 0 Å². The Kier molecular flexibility index (Phi) is 5.46. The van der Waals surface area contributed by atoms with Gasteiger partial charge in [-0.25, -0.2) is 4.68 Å². The first-order chi connectivity index (χ1) is 15.2. The van der Waals surface area contributed by atoms with E-state index in [0.717, 1.165) is 41.1 Å². The summed E-state index contributed by atoms with van der Waals surface area (Å²) in [6.45, 7) is 2.58. The fourth-order valence-corrected chi connectivity index (χ4v) is 4.79. The Hall–Kier alpha value is -3.13. The molecule has 1 aromatic carbocycles. The zero-order chi connectivity index (χ0) is 21.2. The molecule has 0 saturated heterocycles. The van der Waals surface area contributed by atoms with Crippen molar-refractivity contribution in [3.05, 3.63) is 71.2 Å². The molecule has 0 spiro atoms. The number of hydrogen-bond acceptors (Lipinski definition) is 7. The average Bonchev–Trinajstić information content (AvgIpc) is 3.21. The molecule has 0 amide bonds. The number of thioether (sulfide) groups is 1. The second-order valence-electron chi connectivity index (χ2n) is 7.47. The molecular formula is C23H23N5O2S. The molecule has 0 saturated carbocycles. The molecule has 2 aromatic heterocycles. The molecule has 0 radical (unpaired) electrons. The number of allylic oxidation sites excluding steroid dienone is 2. The van der Waals surface area contributed by atoms with E-state index in [0.29, 0.717) is 29.9 Å². The number of fused-ring (bicyclic) bond motifs is 1. The monoisotopic (exact) mass is 433 g/mol. The number of nitrogens with one attached hydrogen (secondary N) is 1. The van der Waals surface area contributed by atoms with E-state index < -0.39 is 0 Å². The van der Waals surface area contributed by atoms with Gasteiger partial charge in [-0.15, -0.1) is 5.10 Å². The number of pyridine rings is 1. The van der Waals surface area contributed by atoms with E-state index in [2.05, 4.69) is 10.3 Å². The van der Waals surface area contributed by atoms with Crippen LogP contribution in [0.5, 0.6) is 5.75 Å². The lowest BCUT2D eigenvalue weighted by molar-refractivity contribution is -0.116. The van der Waals surface area contributed by atoms with E-state index in [1.165, 1.54) is 11.8 Å².